The van der Waals surface area contributed by atoms with E-state index in [2.05, 4.69) is 26.6 Å². The van der Waals surface area contributed by atoms with Crippen LogP contribution in [-0.2, 0) is 7.05 Å². The van der Waals surface area contributed by atoms with Crippen LogP contribution in [-0.4, -0.2) is 15.0 Å². The summed E-state index contributed by atoms with van der Waals surface area (Å²) in [5.41, 5.74) is 2.14. The molecule has 1 aromatic heterocycles. The van der Waals surface area contributed by atoms with Gasteiger partial charge in [-0.3, -0.25) is 0 Å². The molecule has 0 aliphatic carbocycles. The highest BCUT2D eigenvalue weighted by atomic mass is 79.9. The molecule has 0 radical (unpaired) electrons. The van der Waals surface area contributed by atoms with E-state index in [-0.39, 0.29) is 0 Å². The van der Waals surface area contributed by atoms with Gasteiger partial charge in [-0.25, -0.2) is 0 Å². The maximum Gasteiger partial charge on any atom is 0.0893 e. The maximum atomic E-state index is 9.78. The normalized spacial score (nSPS) is 13.4. The second-order valence-electron chi connectivity index (χ2n) is 3.38. The molecule has 1 heterocycles. The Balaban J connectivity index is 2.65. The molecule has 0 aliphatic heterocycles. The number of alkyl halides is 1. The summed E-state index contributed by atoms with van der Waals surface area (Å²) in [4.78, 5) is 0. The fraction of sp³-hybridized carbons (Fsp3) is 0.273. The quantitative estimate of drug-likeness (QED) is 0.819. The molecule has 1 atom stereocenters. The summed E-state index contributed by atoms with van der Waals surface area (Å²) in [6.45, 7) is 0. The smallest absolute Gasteiger partial charge is 0.0893 e. The Morgan fingerprint density at radius 3 is 2.93 bits per heavy atom. The van der Waals surface area contributed by atoms with E-state index in [0.29, 0.717) is 5.33 Å². The SMILES string of the molecule is Cn1ccc2c(C(O)CBr)cccc21. The van der Waals surface area contributed by atoms with Gasteiger partial charge in [-0.15, -0.1) is 0 Å². The zero-order valence-corrected chi connectivity index (χ0v) is 9.53. The van der Waals surface area contributed by atoms with Crippen LogP contribution in [0.5, 0.6) is 0 Å². The zero-order valence-electron chi connectivity index (χ0n) is 7.94. The molecular formula is C11H12BrNO. The Morgan fingerprint density at radius 2 is 2.21 bits per heavy atom. The zero-order chi connectivity index (χ0) is 10.1. The predicted molar refractivity (Wildman–Crippen MR) is 61.7 cm³/mol. The minimum Gasteiger partial charge on any atom is -0.388 e. The van der Waals surface area contributed by atoms with Crippen LogP contribution < -0.4 is 0 Å². The van der Waals surface area contributed by atoms with Crippen molar-refractivity contribution in [2.75, 3.05) is 5.33 Å². The van der Waals surface area contributed by atoms with Crippen molar-refractivity contribution in [1.82, 2.24) is 4.57 Å². The molecule has 0 spiro atoms. The van der Waals surface area contributed by atoms with Gasteiger partial charge in [0.25, 0.3) is 0 Å². The van der Waals surface area contributed by atoms with E-state index in [1.165, 1.54) is 0 Å². The second-order valence-corrected chi connectivity index (χ2v) is 4.02. The van der Waals surface area contributed by atoms with E-state index in [9.17, 15) is 5.11 Å². The molecule has 0 saturated carbocycles. The van der Waals surface area contributed by atoms with Crippen molar-refractivity contribution in [2.45, 2.75) is 6.10 Å². The molecule has 2 nitrogen and oxygen atoms in total. The first-order valence-electron chi connectivity index (χ1n) is 4.52. The fourth-order valence-corrected chi connectivity index (χ4v) is 2.05. The van der Waals surface area contributed by atoms with Crippen molar-refractivity contribution in [2.24, 2.45) is 7.05 Å². The number of hydrogen-bond donors (Lipinski definition) is 1. The van der Waals surface area contributed by atoms with Crippen molar-refractivity contribution < 1.29 is 5.11 Å². The molecule has 3 heteroatoms. The molecule has 0 amide bonds. The van der Waals surface area contributed by atoms with Gasteiger partial charge >= 0.3 is 0 Å². The van der Waals surface area contributed by atoms with Crippen molar-refractivity contribution in [3.8, 4) is 0 Å². The van der Waals surface area contributed by atoms with Gasteiger partial charge in [0.15, 0.2) is 0 Å². The lowest BCUT2D eigenvalue weighted by Crippen LogP contribution is -1.98. The van der Waals surface area contributed by atoms with E-state index in [0.717, 1.165) is 16.5 Å². The van der Waals surface area contributed by atoms with Gasteiger partial charge in [0.05, 0.1) is 6.10 Å². The maximum absolute atomic E-state index is 9.78. The molecule has 2 rings (SSSR count). The van der Waals surface area contributed by atoms with Crippen LogP contribution in [0.3, 0.4) is 0 Å². The molecule has 0 aliphatic rings. The van der Waals surface area contributed by atoms with Gasteiger partial charge < -0.3 is 9.67 Å². The number of hydrogen-bond acceptors (Lipinski definition) is 1. The molecule has 14 heavy (non-hydrogen) atoms. The summed E-state index contributed by atoms with van der Waals surface area (Å²) in [5, 5.41) is 11.5. The minimum absolute atomic E-state index is 0.430. The van der Waals surface area contributed by atoms with E-state index in [1.54, 1.807) is 0 Å². The van der Waals surface area contributed by atoms with Gasteiger partial charge in [0.1, 0.15) is 0 Å². The van der Waals surface area contributed by atoms with Crippen LogP contribution in [0.25, 0.3) is 10.9 Å². The van der Waals surface area contributed by atoms with Crippen molar-refractivity contribution >= 4 is 26.8 Å². The molecule has 2 aromatic rings. The lowest BCUT2D eigenvalue weighted by molar-refractivity contribution is 0.207. The number of nitrogens with zero attached hydrogens (tertiary/aromatic N) is 1. The molecule has 1 N–H and O–H groups in total. The third kappa shape index (κ3) is 1.47. The largest absolute Gasteiger partial charge is 0.388 e. The fourth-order valence-electron chi connectivity index (χ4n) is 1.70. The molecule has 0 saturated heterocycles. The Morgan fingerprint density at radius 1 is 1.43 bits per heavy atom. The monoisotopic (exact) mass is 253 g/mol. The number of aliphatic hydroxyl groups is 1. The number of benzene rings is 1. The number of aryl methyl sites for hydroxylation is 1. The highest BCUT2D eigenvalue weighted by molar-refractivity contribution is 9.09. The van der Waals surface area contributed by atoms with E-state index in [4.69, 9.17) is 0 Å². The Hall–Kier alpha value is -0.800. The van der Waals surface area contributed by atoms with Gasteiger partial charge in [-0.1, -0.05) is 28.1 Å². The number of aromatic nitrogens is 1. The summed E-state index contributed by atoms with van der Waals surface area (Å²) in [5.74, 6) is 0. The second kappa shape index (κ2) is 3.75. The number of fused-ring (bicyclic) bond motifs is 1. The average Bonchev–Trinajstić information content (AvgIpc) is 2.59. The van der Waals surface area contributed by atoms with Crippen LogP contribution in [0.1, 0.15) is 11.7 Å². The lowest BCUT2D eigenvalue weighted by atomic mass is 10.1. The van der Waals surface area contributed by atoms with E-state index in [1.807, 2.05) is 31.4 Å². The third-order valence-electron chi connectivity index (χ3n) is 2.47. The summed E-state index contributed by atoms with van der Waals surface area (Å²) in [6.07, 6.45) is 1.58. The van der Waals surface area contributed by atoms with E-state index >= 15 is 0 Å². The Bertz CT molecular complexity index is 449. The molecule has 74 valence electrons. The third-order valence-corrected chi connectivity index (χ3v) is 3.08. The first-order valence-corrected chi connectivity index (χ1v) is 5.64. The first kappa shape index (κ1) is 9.74. The van der Waals surface area contributed by atoms with Gasteiger partial charge in [0, 0.05) is 29.5 Å². The lowest BCUT2D eigenvalue weighted by Gasteiger charge is -2.08. The standard InChI is InChI=1S/C11H12BrNO/c1-13-6-5-8-9(11(14)7-12)3-2-4-10(8)13/h2-6,11,14H,7H2,1H3. The van der Waals surface area contributed by atoms with Gasteiger partial charge in [0.2, 0.25) is 0 Å². The van der Waals surface area contributed by atoms with Crippen molar-refractivity contribution in [1.29, 1.82) is 0 Å². The summed E-state index contributed by atoms with van der Waals surface area (Å²) >= 11 is 3.29. The first-order chi connectivity index (χ1) is 6.74. The Kier molecular flexibility index (Phi) is 2.61. The number of halogens is 1. The minimum atomic E-state index is -0.430. The number of aliphatic hydroxyl groups excluding tert-OH is 1. The van der Waals surface area contributed by atoms with Gasteiger partial charge in [-0.2, -0.15) is 0 Å². The van der Waals surface area contributed by atoms with Crippen molar-refractivity contribution in [3.05, 3.63) is 36.0 Å². The average molecular weight is 254 g/mol. The summed E-state index contributed by atoms with van der Waals surface area (Å²) in [6, 6.07) is 8.04. The van der Waals surface area contributed by atoms with Crippen LogP contribution in [0.4, 0.5) is 0 Å². The van der Waals surface area contributed by atoms with Gasteiger partial charge in [-0.05, 0) is 17.7 Å². The number of rotatable bonds is 2. The Labute approximate surface area is 91.3 Å². The van der Waals surface area contributed by atoms with Crippen LogP contribution >= 0.6 is 15.9 Å². The molecule has 1 aromatic carbocycles. The summed E-state index contributed by atoms with van der Waals surface area (Å²) in [7, 11) is 2.01. The molecule has 1 unspecified atom stereocenters. The highest BCUT2D eigenvalue weighted by Crippen LogP contribution is 2.25. The van der Waals surface area contributed by atoms with E-state index < -0.39 is 6.10 Å². The molecular weight excluding hydrogens is 242 g/mol. The van der Waals surface area contributed by atoms with Crippen LogP contribution in [0.15, 0.2) is 30.5 Å². The summed E-state index contributed by atoms with van der Waals surface area (Å²) < 4.78 is 2.06. The molecule has 0 bridgehead atoms. The van der Waals surface area contributed by atoms with Crippen LogP contribution in [0, 0.1) is 0 Å². The highest BCUT2D eigenvalue weighted by Gasteiger charge is 2.10. The topological polar surface area (TPSA) is 25.2 Å². The molecule has 0 fully saturated rings. The van der Waals surface area contributed by atoms with Crippen molar-refractivity contribution in [3.63, 3.8) is 0 Å². The predicted octanol–water partition coefficient (Wildman–Crippen LogP) is 2.61. The van der Waals surface area contributed by atoms with Crippen LogP contribution in [0.2, 0.25) is 0 Å².